The molecule has 1 aromatic rings. The van der Waals surface area contributed by atoms with Crippen LogP contribution in [-0.4, -0.2) is 34.0 Å². The summed E-state index contributed by atoms with van der Waals surface area (Å²) in [6, 6.07) is 0. The molecule has 0 aliphatic rings. The minimum Gasteiger partial charge on any atom is -0.330 e. The van der Waals surface area contributed by atoms with Crippen molar-refractivity contribution in [1.82, 2.24) is 14.5 Å². The first-order valence-corrected chi connectivity index (χ1v) is 4.98. The Hall–Kier alpha value is -1.41. The van der Waals surface area contributed by atoms with Gasteiger partial charge in [-0.25, -0.2) is 0 Å². The number of carbonyl (C=O) groups is 1. The normalized spacial score (nSPS) is 9.50. The van der Waals surface area contributed by atoms with Crippen LogP contribution in [0, 0.1) is 12.3 Å². The maximum atomic E-state index is 11.7. The minimum atomic E-state index is -0.102. The molecule has 0 saturated carbocycles. The van der Waals surface area contributed by atoms with E-state index in [1.807, 2.05) is 6.92 Å². The zero-order valence-corrected chi connectivity index (χ0v) is 8.97. The van der Waals surface area contributed by atoms with Gasteiger partial charge >= 0.3 is 0 Å². The van der Waals surface area contributed by atoms with E-state index in [4.69, 9.17) is 6.42 Å². The van der Waals surface area contributed by atoms with Crippen LogP contribution in [0.1, 0.15) is 22.3 Å². The maximum Gasteiger partial charge on any atom is 0.268 e. The number of aryl methyl sites for hydroxylation is 1. The first kappa shape index (κ1) is 10.7. The third-order valence-corrected chi connectivity index (χ3v) is 2.52. The Morgan fingerprint density at radius 2 is 2.43 bits per heavy atom. The number of hydrogen-bond donors (Lipinski definition) is 0. The van der Waals surface area contributed by atoms with E-state index < -0.39 is 0 Å². The predicted octanol–water partition coefficient (Wildman–Crippen LogP) is 0.806. The van der Waals surface area contributed by atoms with Gasteiger partial charge in [0.05, 0.1) is 12.2 Å². The van der Waals surface area contributed by atoms with E-state index in [2.05, 4.69) is 15.5 Å². The van der Waals surface area contributed by atoms with Crippen molar-refractivity contribution in [3.63, 3.8) is 0 Å². The van der Waals surface area contributed by atoms with Crippen LogP contribution < -0.4 is 0 Å². The van der Waals surface area contributed by atoms with Gasteiger partial charge in [-0.3, -0.25) is 4.79 Å². The summed E-state index contributed by atoms with van der Waals surface area (Å²) >= 11 is 1.12. The van der Waals surface area contributed by atoms with Crippen LogP contribution in [0.25, 0.3) is 0 Å². The fraction of sp³-hybridized carbons (Fsp3) is 0.444. The summed E-state index contributed by atoms with van der Waals surface area (Å²) in [5.41, 5.74) is 0.740. The van der Waals surface area contributed by atoms with Crippen molar-refractivity contribution in [3.8, 4) is 12.3 Å². The average molecular weight is 209 g/mol. The van der Waals surface area contributed by atoms with E-state index in [9.17, 15) is 4.79 Å². The molecule has 0 bridgehead atoms. The summed E-state index contributed by atoms with van der Waals surface area (Å²) < 4.78 is 3.75. The molecule has 0 spiro atoms. The molecule has 0 aromatic carbocycles. The Labute approximate surface area is 87.1 Å². The van der Waals surface area contributed by atoms with Gasteiger partial charge in [0.25, 0.3) is 5.91 Å². The third kappa shape index (κ3) is 2.09. The summed E-state index contributed by atoms with van der Waals surface area (Å²) in [6.07, 6.45) is 5.83. The molecular formula is C9H11N3OS. The molecule has 0 fully saturated rings. The number of carbonyl (C=O) groups excluding carboxylic acids is 1. The highest BCUT2D eigenvalue weighted by atomic mass is 32.1. The van der Waals surface area contributed by atoms with Crippen molar-refractivity contribution in [1.29, 1.82) is 0 Å². The molecule has 1 aromatic heterocycles. The third-order valence-electron chi connectivity index (χ3n) is 1.76. The zero-order valence-electron chi connectivity index (χ0n) is 8.15. The monoisotopic (exact) mass is 209 g/mol. The SMILES string of the molecule is C#CCN(C)C(=O)c1snnc1CC. The maximum absolute atomic E-state index is 11.7. The molecule has 74 valence electrons. The predicted molar refractivity (Wildman–Crippen MR) is 55.1 cm³/mol. The van der Waals surface area contributed by atoms with Gasteiger partial charge in [0.2, 0.25) is 0 Å². The molecule has 1 amide bonds. The zero-order chi connectivity index (χ0) is 10.6. The Bertz CT molecular complexity index is 366. The molecule has 1 heterocycles. The quantitative estimate of drug-likeness (QED) is 0.692. The summed E-state index contributed by atoms with van der Waals surface area (Å²) in [4.78, 5) is 13.8. The largest absolute Gasteiger partial charge is 0.330 e. The van der Waals surface area contributed by atoms with Crippen molar-refractivity contribution in [2.75, 3.05) is 13.6 Å². The molecule has 0 aliphatic carbocycles. The summed E-state index contributed by atoms with van der Waals surface area (Å²) in [5, 5.41) is 3.87. The van der Waals surface area contributed by atoms with Gasteiger partial charge in [-0.05, 0) is 18.0 Å². The summed E-state index contributed by atoms with van der Waals surface area (Å²) in [6.45, 7) is 2.24. The van der Waals surface area contributed by atoms with Gasteiger partial charge in [0.15, 0.2) is 0 Å². The standard InChI is InChI=1S/C9H11N3OS/c1-4-6-12(3)9(13)8-7(5-2)10-11-14-8/h1H,5-6H2,2-3H3. The van der Waals surface area contributed by atoms with Crippen molar-refractivity contribution in [2.24, 2.45) is 0 Å². The fourth-order valence-electron chi connectivity index (χ4n) is 0.984. The summed E-state index contributed by atoms with van der Waals surface area (Å²) in [5.74, 6) is 2.31. The minimum absolute atomic E-state index is 0.102. The lowest BCUT2D eigenvalue weighted by atomic mass is 10.3. The van der Waals surface area contributed by atoms with Gasteiger partial charge in [0, 0.05) is 7.05 Å². The molecular weight excluding hydrogens is 198 g/mol. The van der Waals surface area contributed by atoms with Crippen molar-refractivity contribution in [3.05, 3.63) is 10.6 Å². The Morgan fingerprint density at radius 1 is 1.71 bits per heavy atom. The molecule has 14 heavy (non-hydrogen) atoms. The molecule has 0 unspecified atom stereocenters. The van der Waals surface area contributed by atoms with Crippen LogP contribution in [0.2, 0.25) is 0 Å². The van der Waals surface area contributed by atoms with Crippen LogP contribution in [-0.2, 0) is 6.42 Å². The van der Waals surface area contributed by atoms with Crippen LogP contribution in [0.15, 0.2) is 0 Å². The van der Waals surface area contributed by atoms with Crippen LogP contribution >= 0.6 is 11.5 Å². The number of rotatable bonds is 3. The van der Waals surface area contributed by atoms with E-state index in [0.29, 0.717) is 17.8 Å². The van der Waals surface area contributed by atoms with Gasteiger partial charge in [-0.2, -0.15) is 0 Å². The molecule has 0 atom stereocenters. The second-order valence-electron chi connectivity index (χ2n) is 2.77. The summed E-state index contributed by atoms with van der Waals surface area (Å²) in [7, 11) is 1.67. The highest BCUT2D eigenvalue weighted by Gasteiger charge is 2.17. The molecule has 5 heteroatoms. The number of amides is 1. The van der Waals surface area contributed by atoms with E-state index in [0.717, 1.165) is 17.2 Å². The van der Waals surface area contributed by atoms with Crippen molar-refractivity contribution < 1.29 is 4.79 Å². The van der Waals surface area contributed by atoms with E-state index in [1.54, 1.807) is 7.05 Å². The van der Waals surface area contributed by atoms with E-state index in [-0.39, 0.29) is 5.91 Å². The number of terminal acetylenes is 1. The van der Waals surface area contributed by atoms with Gasteiger partial charge in [-0.1, -0.05) is 17.3 Å². The molecule has 0 radical (unpaired) electrons. The Morgan fingerprint density at radius 3 is 3.00 bits per heavy atom. The Kier molecular flexibility index (Phi) is 3.60. The number of nitrogens with zero attached hydrogens (tertiary/aromatic N) is 3. The lowest BCUT2D eigenvalue weighted by Crippen LogP contribution is -2.27. The van der Waals surface area contributed by atoms with Crippen molar-refractivity contribution >= 4 is 17.4 Å². The topological polar surface area (TPSA) is 46.1 Å². The fourth-order valence-corrected chi connectivity index (χ4v) is 1.73. The van der Waals surface area contributed by atoms with Crippen LogP contribution in [0.3, 0.4) is 0 Å². The average Bonchev–Trinajstić information content (AvgIpc) is 2.64. The van der Waals surface area contributed by atoms with Crippen LogP contribution in [0.4, 0.5) is 0 Å². The number of aromatic nitrogens is 2. The molecule has 0 N–H and O–H groups in total. The van der Waals surface area contributed by atoms with Gasteiger partial charge in [0.1, 0.15) is 4.88 Å². The number of hydrogen-bond acceptors (Lipinski definition) is 4. The smallest absolute Gasteiger partial charge is 0.268 e. The first-order valence-electron chi connectivity index (χ1n) is 4.20. The molecule has 0 aliphatic heterocycles. The highest BCUT2D eigenvalue weighted by molar-refractivity contribution is 7.07. The van der Waals surface area contributed by atoms with Gasteiger partial charge in [-0.15, -0.1) is 11.5 Å². The van der Waals surface area contributed by atoms with Crippen molar-refractivity contribution in [2.45, 2.75) is 13.3 Å². The second-order valence-corrected chi connectivity index (χ2v) is 3.52. The molecule has 0 saturated heterocycles. The first-order chi connectivity index (χ1) is 6.70. The van der Waals surface area contributed by atoms with Crippen LogP contribution in [0.5, 0.6) is 0 Å². The van der Waals surface area contributed by atoms with E-state index >= 15 is 0 Å². The van der Waals surface area contributed by atoms with Gasteiger partial charge < -0.3 is 4.90 Å². The highest BCUT2D eigenvalue weighted by Crippen LogP contribution is 2.13. The second kappa shape index (κ2) is 4.72. The lowest BCUT2D eigenvalue weighted by molar-refractivity contribution is 0.0816. The Balaban J connectivity index is 2.84. The lowest BCUT2D eigenvalue weighted by Gasteiger charge is -2.12. The molecule has 1 rings (SSSR count). The van der Waals surface area contributed by atoms with E-state index in [1.165, 1.54) is 4.90 Å². The molecule has 4 nitrogen and oxygen atoms in total.